The summed E-state index contributed by atoms with van der Waals surface area (Å²) < 4.78 is 28.9. The smallest absolute Gasteiger partial charge is 0.263 e. The lowest BCUT2D eigenvalue weighted by Gasteiger charge is -2.32. The van der Waals surface area contributed by atoms with Gasteiger partial charge in [0.25, 0.3) is 6.43 Å². The Morgan fingerprint density at radius 2 is 2.00 bits per heavy atom. The van der Waals surface area contributed by atoms with E-state index in [1.807, 2.05) is 0 Å². The van der Waals surface area contributed by atoms with Crippen LogP contribution in [0, 0.1) is 23.7 Å². The van der Waals surface area contributed by atoms with Gasteiger partial charge in [-0.05, 0) is 48.9 Å². The van der Waals surface area contributed by atoms with E-state index in [4.69, 9.17) is 19.4 Å². The Balaban J connectivity index is 1.64. The number of benzene rings is 1. The molecule has 1 aliphatic rings. The highest BCUT2D eigenvalue weighted by Gasteiger charge is 2.54. The zero-order valence-electron chi connectivity index (χ0n) is 22.6. The number of nitrogens with zero attached hydrogens (tertiary/aromatic N) is 6. The minimum absolute atomic E-state index is 0.0603. The Morgan fingerprint density at radius 1 is 1.25 bits per heavy atom. The topological polar surface area (TPSA) is 104 Å². The molecule has 8 nitrogen and oxygen atoms in total. The predicted molar refractivity (Wildman–Crippen MR) is 152 cm³/mol. The van der Waals surface area contributed by atoms with E-state index in [9.17, 15) is 14.0 Å². The number of nitrogens with one attached hydrogen (secondary N) is 2. The van der Waals surface area contributed by atoms with Crippen LogP contribution in [0.4, 0.5) is 20.2 Å². The molecule has 0 bridgehead atoms. The molecule has 204 valence electrons. The number of fused-ring (bicyclic) bond motifs is 1. The van der Waals surface area contributed by atoms with E-state index in [0.29, 0.717) is 63.5 Å². The zero-order chi connectivity index (χ0) is 28.9. The predicted octanol–water partition coefficient (Wildman–Crippen LogP) is 5.75. The monoisotopic (exact) mass is 560 g/mol. The first-order chi connectivity index (χ1) is 18.9. The molecule has 2 radical (unpaired) electrons. The van der Waals surface area contributed by atoms with Crippen LogP contribution >= 0.6 is 11.6 Å². The summed E-state index contributed by atoms with van der Waals surface area (Å²) in [7, 11) is 7.05. The fraction of sp³-hybridized carbons (Fsp3) is 0.393. The Bertz CT molecular complexity index is 1620. The van der Waals surface area contributed by atoms with Crippen LogP contribution in [0.25, 0.3) is 10.9 Å². The number of hydrogen-bond donors (Lipinski definition) is 2. The standard InChI is InChI=1S/C28H28BClF2N8/c1-16-20(6-5-9-34-16)28(29,22-14-40(39-38-22)27(7-8-27)25(31)32)37-18-10-19-23(36-15-26(2,3)4)17(12-33)13-35-24(19)21(30)11-18/h5-6,9-11,13-14,25,37H,7-8,15H2,1-4H3,(H,35,36). The summed E-state index contributed by atoms with van der Waals surface area (Å²) in [4.78, 5) is 8.80. The van der Waals surface area contributed by atoms with Crippen LogP contribution < -0.4 is 10.6 Å². The lowest BCUT2D eigenvalue weighted by molar-refractivity contribution is 0.0593. The molecule has 1 unspecified atom stereocenters. The minimum atomic E-state index is -2.58. The highest BCUT2D eigenvalue weighted by Crippen LogP contribution is 2.48. The number of halogens is 3. The van der Waals surface area contributed by atoms with Gasteiger partial charge in [-0.3, -0.25) is 9.97 Å². The second kappa shape index (κ2) is 10.0. The Hall–Kier alpha value is -3.78. The number of anilines is 2. The van der Waals surface area contributed by atoms with Crippen molar-refractivity contribution in [3.63, 3.8) is 0 Å². The summed E-state index contributed by atoms with van der Waals surface area (Å²) in [5, 5.41) is 25.8. The van der Waals surface area contributed by atoms with Gasteiger partial charge in [-0.25, -0.2) is 13.5 Å². The lowest BCUT2D eigenvalue weighted by Crippen LogP contribution is -2.39. The van der Waals surface area contributed by atoms with Gasteiger partial charge in [-0.1, -0.05) is 43.7 Å². The third-order valence-electron chi connectivity index (χ3n) is 7.14. The van der Waals surface area contributed by atoms with E-state index >= 15 is 0 Å². The van der Waals surface area contributed by atoms with Crippen LogP contribution in [0.1, 0.15) is 56.1 Å². The number of nitriles is 1. The number of alkyl halides is 2. The number of pyridine rings is 2. The second-order valence-corrected chi connectivity index (χ2v) is 11.9. The van der Waals surface area contributed by atoms with Gasteiger partial charge in [0.1, 0.15) is 25.1 Å². The van der Waals surface area contributed by atoms with Gasteiger partial charge in [0.05, 0.1) is 33.4 Å². The van der Waals surface area contributed by atoms with Gasteiger partial charge in [0, 0.05) is 35.7 Å². The summed E-state index contributed by atoms with van der Waals surface area (Å²) in [6, 6.07) is 9.21. The largest absolute Gasteiger partial charge is 0.383 e. The molecule has 12 heteroatoms. The zero-order valence-corrected chi connectivity index (χ0v) is 23.4. The van der Waals surface area contributed by atoms with Crippen LogP contribution in [-0.4, -0.2) is 45.8 Å². The Kier molecular flexibility index (Phi) is 6.95. The summed E-state index contributed by atoms with van der Waals surface area (Å²) in [5.41, 5.74) is 0.496. The normalized spacial score (nSPS) is 16.0. The van der Waals surface area contributed by atoms with Crippen LogP contribution in [0.3, 0.4) is 0 Å². The fourth-order valence-corrected chi connectivity index (χ4v) is 4.96. The summed E-state index contributed by atoms with van der Waals surface area (Å²) in [6.45, 7) is 8.65. The molecule has 40 heavy (non-hydrogen) atoms. The molecule has 1 fully saturated rings. The molecule has 3 aromatic heterocycles. The second-order valence-electron chi connectivity index (χ2n) is 11.4. The summed E-state index contributed by atoms with van der Waals surface area (Å²) in [5.74, 6) is 0. The van der Waals surface area contributed by atoms with Crippen molar-refractivity contribution in [1.82, 2.24) is 25.0 Å². The quantitative estimate of drug-likeness (QED) is 0.264. The molecule has 1 saturated carbocycles. The molecular weight excluding hydrogens is 533 g/mol. The van der Waals surface area contributed by atoms with Crippen LogP contribution in [-0.2, 0) is 11.0 Å². The molecule has 0 spiro atoms. The SMILES string of the molecule is [B]C(Nc1cc(Cl)c2ncc(C#N)c(NCC(C)(C)C)c2c1)(c1cn(C2(C(F)F)CC2)nn1)c1cccnc1C. The molecule has 1 atom stereocenters. The van der Waals surface area contributed by atoms with Crippen LogP contribution in [0.5, 0.6) is 0 Å². The van der Waals surface area contributed by atoms with Gasteiger partial charge < -0.3 is 10.6 Å². The highest BCUT2D eigenvalue weighted by atomic mass is 35.5. The molecular formula is C28H28BClF2N8. The average Bonchev–Trinajstić information content (AvgIpc) is 3.56. The van der Waals surface area contributed by atoms with E-state index in [1.165, 1.54) is 17.1 Å². The summed E-state index contributed by atoms with van der Waals surface area (Å²) in [6.07, 6.45) is 2.64. The van der Waals surface area contributed by atoms with Crippen molar-refractivity contribution in [2.75, 3.05) is 17.2 Å². The number of aryl methyl sites for hydroxylation is 1. The first-order valence-corrected chi connectivity index (χ1v) is 13.2. The third-order valence-corrected chi connectivity index (χ3v) is 7.42. The average molecular weight is 561 g/mol. The molecule has 0 aliphatic heterocycles. The molecule has 5 rings (SSSR count). The van der Waals surface area contributed by atoms with Gasteiger partial charge in [0.2, 0.25) is 0 Å². The minimum Gasteiger partial charge on any atom is -0.383 e. The van der Waals surface area contributed by atoms with Crippen molar-refractivity contribution in [2.45, 2.75) is 57.9 Å². The molecule has 4 aromatic rings. The van der Waals surface area contributed by atoms with Crippen molar-refractivity contribution in [2.24, 2.45) is 5.41 Å². The van der Waals surface area contributed by atoms with E-state index in [2.05, 4.69) is 57.8 Å². The van der Waals surface area contributed by atoms with Crippen molar-refractivity contribution in [3.8, 4) is 6.07 Å². The first-order valence-electron chi connectivity index (χ1n) is 12.8. The summed E-state index contributed by atoms with van der Waals surface area (Å²) >= 11 is 6.70. The number of aromatic nitrogens is 5. The first kappa shape index (κ1) is 27.8. The molecule has 0 saturated heterocycles. The van der Waals surface area contributed by atoms with Gasteiger partial charge in [-0.15, -0.1) is 5.10 Å². The number of rotatable bonds is 8. The van der Waals surface area contributed by atoms with E-state index in [-0.39, 0.29) is 11.1 Å². The van der Waals surface area contributed by atoms with E-state index in [1.54, 1.807) is 37.4 Å². The Labute approximate surface area is 237 Å². The van der Waals surface area contributed by atoms with Crippen LogP contribution in [0.15, 0.2) is 42.9 Å². The molecule has 1 aromatic carbocycles. The maximum Gasteiger partial charge on any atom is 0.263 e. The Morgan fingerprint density at radius 3 is 2.62 bits per heavy atom. The van der Waals surface area contributed by atoms with Crippen LogP contribution in [0.2, 0.25) is 5.02 Å². The molecule has 3 heterocycles. The van der Waals surface area contributed by atoms with E-state index in [0.717, 1.165) is 0 Å². The van der Waals surface area contributed by atoms with Crippen molar-refractivity contribution >= 4 is 41.7 Å². The number of hydrogen-bond acceptors (Lipinski definition) is 7. The van der Waals surface area contributed by atoms with Crippen molar-refractivity contribution in [1.29, 1.82) is 5.26 Å². The third kappa shape index (κ3) is 4.97. The van der Waals surface area contributed by atoms with Crippen molar-refractivity contribution < 1.29 is 8.78 Å². The van der Waals surface area contributed by atoms with Gasteiger partial charge in [-0.2, -0.15) is 5.26 Å². The maximum absolute atomic E-state index is 13.8. The van der Waals surface area contributed by atoms with Crippen molar-refractivity contribution in [3.05, 3.63) is 70.4 Å². The molecule has 1 aliphatic carbocycles. The van der Waals surface area contributed by atoms with Gasteiger partial charge in [0.15, 0.2) is 0 Å². The lowest BCUT2D eigenvalue weighted by atomic mass is 9.69. The molecule has 0 amide bonds. The van der Waals surface area contributed by atoms with Gasteiger partial charge >= 0.3 is 0 Å². The molecule has 2 N–H and O–H groups in total. The maximum atomic E-state index is 13.8. The van der Waals surface area contributed by atoms with E-state index < -0.39 is 17.4 Å². The highest BCUT2D eigenvalue weighted by molar-refractivity contribution is 6.36. The fourth-order valence-electron chi connectivity index (χ4n) is 4.70.